The van der Waals surface area contributed by atoms with Gasteiger partial charge in [0.1, 0.15) is 5.82 Å². The second-order valence-electron chi connectivity index (χ2n) is 5.30. The zero-order chi connectivity index (χ0) is 15.4. The molecule has 2 aromatic rings. The van der Waals surface area contributed by atoms with Crippen LogP contribution in [0.4, 0.5) is 10.1 Å². The Balaban J connectivity index is 2.14. The highest BCUT2D eigenvalue weighted by atomic mass is 19.1. The molecule has 4 heteroatoms. The number of benzene rings is 2. The third kappa shape index (κ3) is 3.81. The van der Waals surface area contributed by atoms with Crippen LogP contribution in [0.5, 0.6) is 0 Å². The van der Waals surface area contributed by atoms with Gasteiger partial charge in [0.2, 0.25) is 5.91 Å². The minimum absolute atomic E-state index is 0.300. The number of hydrogen-bond donors (Lipinski definition) is 2. The molecule has 0 fully saturated rings. The quantitative estimate of drug-likeness (QED) is 0.881. The number of nitrogens with two attached hydrogens (primary N) is 1. The van der Waals surface area contributed by atoms with Crippen molar-refractivity contribution in [2.24, 2.45) is 5.73 Å². The number of rotatable bonds is 5. The first kappa shape index (κ1) is 15.0. The van der Waals surface area contributed by atoms with Crippen LogP contribution in [0.2, 0.25) is 0 Å². The first-order chi connectivity index (χ1) is 9.97. The predicted octanol–water partition coefficient (Wildman–Crippen LogP) is 3.66. The number of primary amides is 1. The van der Waals surface area contributed by atoms with E-state index in [2.05, 4.69) is 25.2 Å². The van der Waals surface area contributed by atoms with Crippen molar-refractivity contribution in [1.29, 1.82) is 0 Å². The van der Waals surface area contributed by atoms with E-state index in [1.165, 1.54) is 23.8 Å². The lowest BCUT2D eigenvalue weighted by atomic mass is 10.0. The number of halogens is 1. The maximum atomic E-state index is 13.8. The molecule has 0 atom stereocenters. The summed E-state index contributed by atoms with van der Waals surface area (Å²) in [5, 5.41) is 3.17. The minimum atomic E-state index is -0.557. The molecule has 110 valence electrons. The number of carbonyl (C=O) groups is 1. The van der Waals surface area contributed by atoms with Gasteiger partial charge in [0.25, 0.3) is 0 Å². The van der Waals surface area contributed by atoms with Crippen LogP contribution >= 0.6 is 0 Å². The van der Waals surface area contributed by atoms with Crippen LogP contribution in [0.25, 0.3) is 0 Å². The van der Waals surface area contributed by atoms with Gasteiger partial charge in [-0.2, -0.15) is 0 Å². The molecule has 1 amide bonds. The summed E-state index contributed by atoms with van der Waals surface area (Å²) in [6, 6.07) is 12.1. The number of anilines is 1. The highest BCUT2D eigenvalue weighted by Gasteiger charge is 2.07. The van der Waals surface area contributed by atoms with Crippen LogP contribution in [-0.2, 0) is 6.54 Å². The van der Waals surface area contributed by atoms with E-state index in [4.69, 9.17) is 5.73 Å². The molecule has 0 spiro atoms. The van der Waals surface area contributed by atoms with Gasteiger partial charge in [-0.3, -0.25) is 4.79 Å². The van der Waals surface area contributed by atoms with Gasteiger partial charge >= 0.3 is 0 Å². The first-order valence-corrected chi connectivity index (χ1v) is 6.89. The molecule has 2 aromatic carbocycles. The Hall–Kier alpha value is -2.36. The van der Waals surface area contributed by atoms with E-state index in [-0.39, 0.29) is 5.82 Å². The van der Waals surface area contributed by atoms with Crippen LogP contribution in [0.3, 0.4) is 0 Å². The number of carbonyl (C=O) groups excluding carboxylic acids is 1. The van der Waals surface area contributed by atoms with Crippen molar-refractivity contribution < 1.29 is 9.18 Å². The molecule has 0 saturated carbocycles. The van der Waals surface area contributed by atoms with E-state index >= 15 is 0 Å². The van der Waals surface area contributed by atoms with E-state index in [9.17, 15) is 9.18 Å². The molecule has 0 aliphatic heterocycles. The van der Waals surface area contributed by atoms with E-state index < -0.39 is 5.91 Å². The molecule has 0 aliphatic carbocycles. The van der Waals surface area contributed by atoms with E-state index in [1.54, 1.807) is 0 Å². The van der Waals surface area contributed by atoms with E-state index in [0.29, 0.717) is 23.6 Å². The summed E-state index contributed by atoms with van der Waals surface area (Å²) < 4.78 is 13.8. The monoisotopic (exact) mass is 286 g/mol. The van der Waals surface area contributed by atoms with Gasteiger partial charge < -0.3 is 11.1 Å². The van der Waals surface area contributed by atoms with Crippen LogP contribution in [0, 0.1) is 5.82 Å². The lowest BCUT2D eigenvalue weighted by Gasteiger charge is -2.11. The Bertz CT molecular complexity index is 653. The molecule has 0 radical (unpaired) electrons. The van der Waals surface area contributed by atoms with Gasteiger partial charge in [-0.1, -0.05) is 26.0 Å². The van der Waals surface area contributed by atoms with Crippen molar-refractivity contribution >= 4 is 11.6 Å². The van der Waals surface area contributed by atoms with E-state index in [0.717, 1.165) is 5.69 Å². The molecule has 0 saturated heterocycles. The second kappa shape index (κ2) is 6.39. The van der Waals surface area contributed by atoms with Gasteiger partial charge in [0.05, 0.1) is 0 Å². The topological polar surface area (TPSA) is 55.1 Å². The van der Waals surface area contributed by atoms with Crippen molar-refractivity contribution in [2.45, 2.75) is 26.3 Å². The third-order valence-corrected chi connectivity index (χ3v) is 3.37. The Labute approximate surface area is 124 Å². The molecule has 3 nitrogen and oxygen atoms in total. The molecule has 3 N–H and O–H groups in total. The Morgan fingerprint density at radius 1 is 1.24 bits per heavy atom. The van der Waals surface area contributed by atoms with Crippen LogP contribution in [0.15, 0.2) is 42.5 Å². The summed E-state index contributed by atoms with van der Waals surface area (Å²) in [4.78, 5) is 11.1. The normalized spacial score (nSPS) is 10.7. The zero-order valence-corrected chi connectivity index (χ0v) is 12.2. The first-order valence-electron chi connectivity index (χ1n) is 6.89. The number of nitrogens with one attached hydrogen (secondary N) is 1. The summed E-state index contributed by atoms with van der Waals surface area (Å²) in [6.07, 6.45) is 0. The fourth-order valence-electron chi connectivity index (χ4n) is 2.07. The highest BCUT2D eigenvalue weighted by Crippen LogP contribution is 2.19. The van der Waals surface area contributed by atoms with Crippen molar-refractivity contribution in [1.82, 2.24) is 0 Å². The molecule has 0 aliphatic rings. The van der Waals surface area contributed by atoms with Crippen LogP contribution < -0.4 is 11.1 Å². The summed E-state index contributed by atoms with van der Waals surface area (Å²) in [5.41, 5.74) is 8.07. The Morgan fingerprint density at radius 3 is 2.67 bits per heavy atom. The molecule has 0 unspecified atom stereocenters. The van der Waals surface area contributed by atoms with Crippen molar-refractivity contribution in [3.8, 4) is 0 Å². The molecule has 21 heavy (non-hydrogen) atoms. The van der Waals surface area contributed by atoms with Crippen molar-refractivity contribution in [3.05, 3.63) is 65.0 Å². The van der Waals surface area contributed by atoms with Gasteiger partial charge in [-0.05, 0) is 41.8 Å². The molecule has 0 bridgehead atoms. The Morgan fingerprint density at radius 2 is 2.00 bits per heavy atom. The zero-order valence-electron chi connectivity index (χ0n) is 12.2. The highest BCUT2D eigenvalue weighted by molar-refractivity contribution is 5.92. The van der Waals surface area contributed by atoms with E-state index in [1.807, 2.05) is 18.2 Å². The molecule has 2 rings (SSSR count). The maximum absolute atomic E-state index is 13.8. The van der Waals surface area contributed by atoms with Crippen LogP contribution in [0.1, 0.15) is 41.3 Å². The summed E-state index contributed by atoms with van der Waals surface area (Å²) >= 11 is 0. The van der Waals surface area contributed by atoms with Gasteiger partial charge in [0.15, 0.2) is 0 Å². The largest absolute Gasteiger partial charge is 0.381 e. The smallest absolute Gasteiger partial charge is 0.248 e. The van der Waals surface area contributed by atoms with Gasteiger partial charge in [-0.15, -0.1) is 0 Å². The van der Waals surface area contributed by atoms with Gasteiger partial charge in [-0.25, -0.2) is 4.39 Å². The lowest BCUT2D eigenvalue weighted by molar-refractivity contribution is 0.1000. The average molecular weight is 286 g/mol. The SMILES string of the molecule is CC(C)c1cccc(NCc2cc(C(N)=O)ccc2F)c1. The summed E-state index contributed by atoms with van der Waals surface area (Å²) in [6.45, 7) is 4.54. The second-order valence-corrected chi connectivity index (χ2v) is 5.30. The Kier molecular flexibility index (Phi) is 4.58. The lowest BCUT2D eigenvalue weighted by Crippen LogP contribution is -2.12. The molecular weight excluding hydrogens is 267 g/mol. The molecule has 0 aromatic heterocycles. The van der Waals surface area contributed by atoms with Crippen molar-refractivity contribution in [2.75, 3.05) is 5.32 Å². The fourth-order valence-corrected chi connectivity index (χ4v) is 2.07. The van der Waals surface area contributed by atoms with Gasteiger partial charge in [0, 0.05) is 23.4 Å². The standard InChI is InChI=1S/C17H19FN2O/c1-11(2)12-4-3-5-15(9-12)20-10-14-8-13(17(19)21)6-7-16(14)18/h3-9,11,20H,10H2,1-2H3,(H2,19,21). The summed E-state index contributed by atoms with van der Waals surface area (Å²) in [5.74, 6) is -0.479. The van der Waals surface area contributed by atoms with Crippen LogP contribution in [-0.4, -0.2) is 5.91 Å². The number of hydrogen-bond acceptors (Lipinski definition) is 2. The fraction of sp³-hybridized carbons (Fsp3) is 0.235. The average Bonchev–Trinajstić information content (AvgIpc) is 2.46. The molecule has 0 heterocycles. The maximum Gasteiger partial charge on any atom is 0.248 e. The molecular formula is C17H19FN2O. The van der Waals surface area contributed by atoms with Crippen molar-refractivity contribution in [3.63, 3.8) is 0 Å². The predicted molar refractivity (Wildman–Crippen MR) is 82.8 cm³/mol. The summed E-state index contributed by atoms with van der Waals surface area (Å²) in [7, 11) is 0. The minimum Gasteiger partial charge on any atom is -0.381 e. The number of amides is 1. The third-order valence-electron chi connectivity index (χ3n) is 3.37.